The number of nitrogens with one attached hydrogen (secondary N) is 1. The van der Waals surface area contributed by atoms with Crippen LogP contribution in [0.25, 0.3) is 0 Å². The van der Waals surface area contributed by atoms with E-state index in [1.165, 1.54) is 0 Å². The molecule has 1 aromatic rings. The molecule has 0 spiro atoms. The van der Waals surface area contributed by atoms with Gasteiger partial charge in [0.15, 0.2) is 11.5 Å². The van der Waals surface area contributed by atoms with Gasteiger partial charge < -0.3 is 9.47 Å². The fourth-order valence-corrected chi connectivity index (χ4v) is 2.27. The zero-order valence-electron chi connectivity index (χ0n) is 9.34. The zero-order chi connectivity index (χ0) is 12.5. The quantitative estimate of drug-likeness (QED) is 0.816. The van der Waals surface area contributed by atoms with Crippen molar-refractivity contribution in [2.45, 2.75) is 13.0 Å². The number of hydrogen-bond donors (Lipinski definition) is 2. The van der Waals surface area contributed by atoms with Gasteiger partial charge in [0.05, 0.1) is 0 Å². The average Bonchev–Trinajstić information content (AvgIpc) is 2.26. The Kier molecular flexibility index (Phi) is 3.23. The molecule has 0 bridgehead atoms. The third-order valence-electron chi connectivity index (χ3n) is 2.41. The summed E-state index contributed by atoms with van der Waals surface area (Å²) in [6, 6.07) is 4.86. The summed E-state index contributed by atoms with van der Waals surface area (Å²) in [5.74, 6) is 1.29. The largest absolute Gasteiger partial charge is 0.486 e. The molecule has 94 valence electrons. The molecule has 0 aliphatic carbocycles. The van der Waals surface area contributed by atoms with Gasteiger partial charge in [-0.2, -0.15) is 13.1 Å². The van der Waals surface area contributed by atoms with E-state index in [2.05, 4.69) is 4.72 Å². The van der Waals surface area contributed by atoms with Crippen LogP contribution in [0, 0.1) is 0 Å². The summed E-state index contributed by atoms with van der Waals surface area (Å²) in [5, 5.41) is 4.92. The lowest BCUT2D eigenvalue weighted by Crippen LogP contribution is -2.33. The maximum absolute atomic E-state index is 10.9. The maximum Gasteiger partial charge on any atom is 0.274 e. The first-order valence-electron chi connectivity index (χ1n) is 5.15. The zero-order valence-corrected chi connectivity index (χ0v) is 10.2. The molecule has 0 aromatic heterocycles. The second-order valence-corrected chi connectivity index (χ2v) is 5.11. The van der Waals surface area contributed by atoms with Gasteiger partial charge in [-0.25, -0.2) is 5.14 Å². The Morgan fingerprint density at radius 2 is 1.94 bits per heavy atom. The lowest BCUT2D eigenvalue weighted by molar-refractivity contribution is 0.171. The van der Waals surface area contributed by atoms with E-state index < -0.39 is 16.3 Å². The third-order valence-corrected chi connectivity index (χ3v) is 3.09. The molecule has 1 atom stereocenters. The van der Waals surface area contributed by atoms with Crippen molar-refractivity contribution < 1.29 is 17.9 Å². The number of ether oxygens (including phenoxy) is 2. The van der Waals surface area contributed by atoms with Crippen molar-refractivity contribution in [3.8, 4) is 11.5 Å². The first kappa shape index (κ1) is 12.2. The number of nitrogens with two attached hydrogens (primary N) is 1. The van der Waals surface area contributed by atoms with Crippen molar-refractivity contribution in [2.24, 2.45) is 5.14 Å². The third kappa shape index (κ3) is 3.09. The van der Waals surface area contributed by atoms with E-state index in [1.807, 2.05) is 0 Å². The predicted molar refractivity (Wildman–Crippen MR) is 62.1 cm³/mol. The molecular formula is C10H14N2O4S. The van der Waals surface area contributed by atoms with Crippen LogP contribution < -0.4 is 19.3 Å². The summed E-state index contributed by atoms with van der Waals surface area (Å²) >= 11 is 0. The van der Waals surface area contributed by atoms with Crippen LogP contribution in [0.15, 0.2) is 18.2 Å². The van der Waals surface area contributed by atoms with Crippen LogP contribution in [-0.2, 0) is 10.2 Å². The highest BCUT2D eigenvalue weighted by molar-refractivity contribution is 7.87. The summed E-state index contributed by atoms with van der Waals surface area (Å²) in [4.78, 5) is 0. The number of benzene rings is 1. The molecule has 0 fully saturated rings. The Morgan fingerprint density at radius 1 is 1.29 bits per heavy atom. The molecule has 0 unspecified atom stereocenters. The average molecular weight is 258 g/mol. The summed E-state index contributed by atoms with van der Waals surface area (Å²) in [7, 11) is -3.71. The number of fused-ring (bicyclic) bond motifs is 1. The van der Waals surface area contributed by atoms with Crippen molar-refractivity contribution in [1.82, 2.24) is 4.72 Å². The Balaban J connectivity index is 2.22. The van der Waals surface area contributed by atoms with Gasteiger partial charge in [0, 0.05) is 6.04 Å². The Hall–Kier alpha value is -1.31. The van der Waals surface area contributed by atoms with Gasteiger partial charge in [0.25, 0.3) is 10.2 Å². The Labute approximate surface area is 99.9 Å². The highest BCUT2D eigenvalue weighted by Gasteiger charge is 2.16. The minimum atomic E-state index is -3.71. The van der Waals surface area contributed by atoms with Crippen LogP contribution >= 0.6 is 0 Å². The van der Waals surface area contributed by atoms with Gasteiger partial charge in [-0.15, -0.1) is 0 Å². The van der Waals surface area contributed by atoms with E-state index >= 15 is 0 Å². The van der Waals surface area contributed by atoms with E-state index in [1.54, 1.807) is 25.1 Å². The molecule has 1 aliphatic rings. The van der Waals surface area contributed by atoms with E-state index in [9.17, 15) is 8.42 Å². The molecule has 17 heavy (non-hydrogen) atoms. The minimum Gasteiger partial charge on any atom is -0.486 e. The minimum absolute atomic E-state index is 0.416. The second kappa shape index (κ2) is 4.52. The molecule has 6 nitrogen and oxygen atoms in total. The van der Waals surface area contributed by atoms with Gasteiger partial charge in [0.2, 0.25) is 0 Å². The lowest BCUT2D eigenvalue weighted by Gasteiger charge is -2.20. The molecular weight excluding hydrogens is 244 g/mol. The lowest BCUT2D eigenvalue weighted by atomic mass is 10.1. The molecule has 0 saturated heterocycles. The van der Waals surface area contributed by atoms with Crippen LogP contribution in [0.4, 0.5) is 0 Å². The van der Waals surface area contributed by atoms with Crippen LogP contribution in [0.5, 0.6) is 11.5 Å². The monoisotopic (exact) mass is 258 g/mol. The van der Waals surface area contributed by atoms with Crippen molar-refractivity contribution in [3.05, 3.63) is 23.8 Å². The first-order chi connectivity index (χ1) is 7.96. The molecule has 2 rings (SSSR count). The van der Waals surface area contributed by atoms with Crippen molar-refractivity contribution in [3.63, 3.8) is 0 Å². The Bertz CT molecular complexity index is 515. The molecule has 1 aliphatic heterocycles. The SMILES string of the molecule is C[C@@H](NS(N)(=O)=O)c1ccc2c(c1)OCCO2. The molecule has 7 heteroatoms. The summed E-state index contributed by atoms with van der Waals surface area (Å²) in [6.45, 7) is 2.72. The van der Waals surface area contributed by atoms with Crippen LogP contribution in [-0.4, -0.2) is 21.6 Å². The molecule has 1 heterocycles. The van der Waals surface area contributed by atoms with Crippen molar-refractivity contribution >= 4 is 10.2 Å². The summed E-state index contributed by atoms with van der Waals surface area (Å²) < 4.78 is 34.9. The summed E-state index contributed by atoms with van der Waals surface area (Å²) in [5.41, 5.74) is 0.767. The smallest absolute Gasteiger partial charge is 0.274 e. The van der Waals surface area contributed by atoms with Crippen LogP contribution in [0.2, 0.25) is 0 Å². The van der Waals surface area contributed by atoms with Gasteiger partial charge in [-0.1, -0.05) is 6.07 Å². The molecule has 1 aromatic carbocycles. The number of hydrogen-bond acceptors (Lipinski definition) is 4. The first-order valence-corrected chi connectivity index (χ1v) is 6.70. The normalized spacial score (nSPS) is 16.6. The highest BCUT2D eigenvalue weighted by atomic mass is 32.2. The highest BCUT2D eigenvalue weighted by Crippen LogP contribution is 2.32. The standard InChI is InChI=1S/C10H14N2O4S/c1-7(12-17(11,13)14)8-2-3-9-10(6-8)16-5-4-15-9/h2-3,6-7,12H,4-5H2,1H3,(H2,11,13,14)/t7-/m1/s1. The summed E-state index contributed by atoms with van der Waals surface area (Å²) in [6.07, 6.45) is 0. The topological polar surface area (TPSA) is 90.7 Å². The van der Waals surface area contributed by atoms with E-state index in [0.717, 1.165) is 5.56 Å². The van der Waals surface area contributed by atoms with Crippen LogP contribution in [0.3, 0.4) is 0 Å². The van der Waals surface area contributed by atoms with Gasteiger partial charge >= 0.3 is 0 Å². The van der Waals surface area contributed by atoms with Gasteiger partial charge in [0.1, 0.15) is 13.2 Å². The number of rotatable bonds is 3. The van der Waals surface area contributed by atoms with E-state index in [-0.39, 0.29) is 0 Å². The molecule has 0 amide bonds. The van der Waals surface area contributed by atoms with Gasteiger partial charge in [-0.05, 0) is 24.6 Å². The molecule has 0 radical (unpaired) electrons. The van der Waals surface area contributed by atoms with Crippen LogP contribution in [0.1, 0.15) is 18.5 Å². The fourth-order valence-electron chi connectivity index (χ4n) is 1.64. The van der Waals surface area contributed by atoms with E-state index in [0.29, 0.717) is 24.7 Å². The predicted octanol–water partition coefficient (Wildman–Crippen LogP) is 0.312. The fraction of sp³-hybridized carbons (Fsp3) is 0.400. The molecule has 3 N–H and O–H groups in total. The van der Waals surface area contributed by atoms with Crippen molar-refractivity contribution in [1.29, 1.82) is 0 Å². The second-order valence-electron chi connectivity index (χ2n) is 3.79. The van der Waals surface area contributed by atoms with Gasteiger partial charge in [-0.3, -0.25) is 0 Å². The Morgan fingerprint density at radius 3 is 2.59 bits per heavy atom. The maximum atomic E-state index is 10.9. The van der Waals surface area contributed by atoms with Crippen molar-refractivity contribution in [2.75, 3.05) is 13.2 Å². The van der Waals surface area contributed by atoms with E-state index in [4.69, 9.17) is 14.6 Å². The molecule has 0 saturated carbocycles.